The molecule has 1 fully saturated rings. The van der Waals surface area contributed by atoms with E-state index in [0.717, 1.165) is 16.7 Å². The minimum absolute atomic E-state index is 0.0513. The molecule has 0 saturated carbocycles. The van der Waals surface area contributed by atoms with Gasteiger partial charge in [-0.15, -0.1) is 11.8 Å². The Morgan fingerprint density at radius 2 is 1.08 bits per heavy atom. The second-order valence-electron chi connectivity index (χ2n) is 25.9. The zero-order chi connectivity index (χ0) is 85.2. The summed E-state index contributed by atoms with van der Waals surface area (Å²) in [4.78, 5) is 143. The van der Waals surface area contributed by atoms with Gasteiger partial charge < -0.3 is 125 Å². The highest BCUT2D eigenvalue weighted by atomic mass is 32.2. The van der Waals surface area contributed by atoms with Gasteiger partial charge in [0.15, 0.2) is 11.4 Å². The van der Waals surface area contributed by atoms with E-state index in [1.807, 2.05) is 0 Å². The van der Waals surface area contributed by atoms with Crippen molar-refractivity contribution in [3.63, 3.8) is 0 Å². The van der Waals surface area contributed by atoms with Crippen LogP contribution in [0.4, 0.5) is 17.1 Å². The molecule has 0 radical (unpaired) electrons. The molecule has 2 atom stereocenters. The van der Waals surface area contributed by atoms with E-state index in [1.54, 1.807) is 42.5 Å². The van der Waals surface area contributed by atoms with E-state index in [0.29, 0.717) is 192 Å². The van der Waals surface area contributed by atoms with Crippen molar-refractivity contribution in [2.75, 3.05) is 208 Å². The lowest BCUT2D eigenvalue weighted by atomic mass is 9.90. The average molecular weight is 1690 g/mol. The van der Waals surface area contributed by atoms with Gasteiger partial charge in [0, 0.05) is 96.7 Å². The summed E-state index contributed by atoms with van der Waals surface area (Å²) >= 11 is 1.14. The second kappa shape index (κ2) is 55.1. The summed E-state index contributed by atoms with van der Waals surface area (Å²) in [6.07, 6.45) is -0.262. The van der Waals surface area contributed by atoms with E-state index in [1.165, 1.54) is 60.7 Å². The molecule has 2 heterocycles. The fourth-order valence-corrected chi connectivity index (χ4v) is 12.3. The van der Waals surface area contributed by atoms with E-state index in [2.05, 4.69) is 36.9 Å². The highest BCUT2D eigenvalue weighted by molar-refractivity contribution is 8.00. The summed E-state index contributed by atoms with van der Waals surface area (Å²) < 4.78 is 77.8. The van der Waals surface area contributed by atoms with Crippen LogP contribution in [0, 0.1) is 0 Å². The first-order chi connectivity index (χ1) is 57.7. The lowest BCUT2D eigenvalue weighted by Gasteiger charge is -2.17. The highest BCUT2D eigenvalue weighted by Gasteiger charge is 2.39. The highest BCUT2D eigenvalue weighted by Crippen LogP contribution is 2.42. The SMILES string of the molecule is NC(N)=Nc1cccc(C(=O)NCC(=O)N[C@@H](CC(=O)O)C(=O)Nc2ccc(OCCCNC(=O)CCOCCOCCOCCOCCOCCOCCOCCOCCOCCOCCOCCOCCNC(=O)CCN3C(=O)CC(SCCC(=O)Nc4ccc(-c5c6ccc(=O)cc-6oc6cc(O)ccc56)c(C(=O)O)c4)C3=O)cc2)c1. The number of aromatic carboxylic acids is 1. The van der Waals surface area contributed by atoms with Gasteiger partial charge in [-0.2, -0.15) is 0 Å². The van der Waals surface area contributed by atoms with Crippen LogP contribution in [0.3, 0.4) is 0 Å². The summed E-state index contributed by atoms with van der Waals surface area (Å²) in [5, 5.41) is 45.0. The summed E-state index contributed by atoms with van der Waals surface area (Å²) in [7, 11) is 0. The number of nitrogens with two attached hydrogens (primary N) is 2. The number of guanidine groups is 1. The zero-order valence-corrected chi connectivity index (χ0v) is 66.7. The number of carboxylic acids is 2. The fraction of sp³-hybridized carbons (Fsp3) is 0.475. The van der Waals surface area contributed by atoms with Crippen molar-refractivity contribution in [1.82, 2.24) is 26.2 Å². The van der Waals surface area contributed by atoms with E-state index in [-0.39, 0.29) is 127 Å². The third-order valence-electron chi connectivity index (χ3n) is 16.9. The maximum Gasteiger partial charge on any atom is 0.336 e. The number of aliphatic carboxylic acids is 1. The molecule has 0 aromatic heterocycles. The molecular weight excluding hydrogens is 1580 g/mol. The van der Waals surface area contributed by atoms with Crippen LogP contribution in [-0.2, 0) is 95.2 Å². The number of carbonyl (C=O) groups excluding carboxylic acids is 8. The van der Waals surface area contributed by atoms with Crippen LogP contribution < -0.4 is 53.5 Å². The summed E-state index contributed by atoms with van der Waals surface area (Å²) in [5.74, 6) is -6.13. The number of anilines is 2. The molecular formula is C80H104N10O28S. The number of amides is 8. The topological polar surface area (TPSA) is 521 Å². The number of carbonyl (C=O) groups is 10. The van der Waals surface area contributed by atoms with E-state index in [4.69, 9.17) is 77.5 Å². The Bertz CT molecular complexity index is 4270. The number of benzene rings is 5. The third kappa shape index (κ3) is 37.4. The zero-order valence-electron chi connectivity index (χ0n) is 65.9. The van der Waals surface area contributed by atoms with Crippen molar-refractivity contribution in [1.29, 1.82) is 0 Å². The smallest absolute Gasteiger partial charge is 0.336 e. The average Bonchev–Trinajstić information content (AvgIpc) is 1.39. The molecule has 648 valence electrons. The van der Waals surface area contributed by atoms with Crippen LogP contribution in [0.5, 0.6) is 11.5 Å². The Hall–Kier alpha value is -10.8. The molecule has 2 aliphatic heterocycles. The largest absolute Gasteiger partial charge is 0.508 e. The number of hydrogen-bond acceptors (Lipinski definition) is 28. The lowest BCUT2D eigenvalue weighted by molar-refractivity contribution is -0.140. The van der Waals surface area contributed by atoms with Crippen molar-refractivity contribution in [3.05, 3.63) is 124 Å². The Kier molecular flexibility index (Phi) is 44.1. The number of rotatable bonds is 63. The quantitative estimate of drug-likeness (QED) is 0.00859. The number of thioether (sulfide) groups is 1. The molecule has 1 aliphatic carbocycles. The number of aromatic hydroxyl groups is 1. The number of fused-ring (bicyclic) bond motifs is 2. The molecule has 119 heavy (non-hydrogen) atoms. The molecule has 1 unspecified atom stereocenters. The van der Waals surface area contributed by atoms with Crippen LogP contribution in [0.1, 0.15) is 59.2 Å². The Labute approximate surface area is 689 Å². The number of ether oxygens (including phenoxy) is 13. The van der Waals surface area contributed by atoms with Crippen LogP contribution in [0.15, 0.2) is 117 Å². The first-order valence-corrected chi connectivity index (χ1v) is 39.6. The van der Waals surface area contributed by atoms with E-state index >= 15 is 0 Å². The Morgan fingerprint density at radius 1 is 0.538 bits per heavy atom. The molecule has 13 N–H and O–H groups in total. The van der Waals surface area contributed by atoms with Crippen molar-refractivity contribution >= 4 is 105 Å². The van der Waals surface area contributed by atoms with Gasteiger partial charge in [-0.05, 0) is 90.8 Å². The summed E-state index contributed by atoms with van der Waals surface area (Å²) in [6, 6.07) is 23.7. The third-order valence-corrected chi connectivity index (χ3v) is 18.1. The van der Waals surface area contributed by atoms with Gasteiger partial charge in [0.05, 0.1) is 195 Å². The minimum atomic E-state index is -1.45. The molecule has 39 heteroatoms. The number of carboxylic acid groups (broad SMARTS) is 2. The molecule has 4 aromatic rings. The van der Waals surface area contributed by atoms with Crippen molar-refractivity contribution in [2.45, 2.75) is 49.8 Å². The van der Waals surface area contributed by atoms with Crippen molar-refractivity contribution in [3.8, 4) is 33.9 Å². The van der Waals surface area contributed by atoms with E-state index in [9.17, 15) is 68.1 Å². The number of imide groups is 1. The molecule has 8 amide bonds. The molecule has 3 aliphatic rings. The number of nitrogens with zero attached hydrogens (tertiary/aromatic N) is 2. The number of likely N-dealkylation sites (tertiary alicyclic amines) is 1. The Morgan fingerprint density at radius 3 is 1.66 bits per heavy atom. The monoisotopic (exact) mass is 1680 g/mol. The van der Waals surface area contributed by atoms with Crippen LogP contribution in [0.2, 0.25) is 0 Å². The van der Waals surface area contributed by atoms with Crippen molar-refractivity contribution in [2.24, 2.45) is 16.5 Å². The fourth-order valence-electron chi connectivity index (χ4n) is 11.2. The van der Waals surface area contributed by atoms with Gasteiger partial charge in [-0.25, -0.2) is 9.79 Å². The molecule has 38 nitrogen and oxygen atoms in total. The molecule has 1 saturated heterocycles. The molecule has 0 spiro atoms. The van der Waals surface area contributed by atoms with Crippen molar-refractivity contribution < 1.29 is 129 Å². The lowest BCUT2D eigenvalue weighted by Crippen LogP contribution is -2.48. The van der Waals surface area contributed by atoms with Gasteiger partial charge >= 0.3 is 11.9 Å². The predicted octanol–water partition coefficient (Wildman–Crippen LogP) is 3.07. The molecule has 4 aromatic carbocycles. The minimum Gasteiger partial charge on any atom is -0.508 e. The normalized spacial score (nSPS) is 12.8. The number of phenols is 1. The standard InChI is InChI=1S/C80H104N10O28S/c81-80(82)88-56-4-1-3-54(47-56)76(100)85-53-72(96)89-65(51-74(98)99)77(101)87-55-5-10-60(11-6-55)117-21-2-18-83-70(94)16-22-105-24-26-107-28-30-109-32-34-111-36-38-113-40-42-115-44-45-116-43-41-114-39-37-112-35-33-110-31-29-108-27-25-106-23-19-84-69(93)15-20-90-73(97)52-68(78(90)102)119-46-17-71(95)86-57-7-12-61(64(48-57)79(103)104)75-62-13-8-58(91)49-66(62)118-67-50-59(92)9-14-63(67)75/h1,3-14,47-50,65,68,91H,2,15-46,51-53H2,(H,83,94)(H,84,93)(H,85,100)(H,86,95)(H,87,101)(H,89,96)(H,98,99)(H,103,104)(H4,81,82,88)/t65-,68?/m0/s1. The summed E-state index contributed by atoms with van der Waals surface area (Å²) in [6.45, 7) is 9.12. The Balaban J connectivity index is 0.547. The number of nitrogens with one attached hydrogen (secondary N) is 6. The van der Waals surface area contributed by atoms with Crippen LogP contribution in [0.25, 0.3) is 33.4 Å². The molecule has 7 rings (SSSR count). The van der Waals surface area contributed by atoms with Gasteiger partial charge in [0.2, 0.25) is 41.4 Å². The predicted molar refractivity (Wildman–Crippen MR) is 433 cm³/mol. The van der Waals surface area contributed by atoms with Gasteiger partial charge in [-0.3, -0.25) is 52.8 Å². The number of aliphatic imine (C=N–C) groups is 1. The van der Waals surface area contributed by atoms with E-state index < -0.39 is 71.6 Å². The first kappa shape index (κ1) is 95.4. The second-order valence-corrected chi connectivity index (χ2v) is 27.2. The van der Waals surface area contributed by atoms with Crippen LogP contribution >= 0.6 is 11.8 Å². The van der Waals surface area contributed by atoms with Crippen LogP contribution in [-0.4, -0.2) is 294 Å². The van der Waals surface area contributed by atoms with Gasteiger partial charge in [0.25, 0.3) is 5.91 Å². The number of hydrogen-bond donors (Lipinski definition) is 11. The number of phenolic OH excluding ortho intramolecular Hbond substituents is 1. The maximum atomic E-state index is 13.1. The first-order valence-electron chi connectivity index (χ1n) is 38.5. The molecule has 0 bridgehead atoms. The van der Waals surface area contributed by atoms with Gasteiger partial charge in [0.1, 0.15) is 28.9 Å². The van der Waals surface area contributed by atoms with Gasteiger partial charge in [-0.1, -0.05) is 12.1 Å². The summed E-state index contributed by atoms with van der Waals surface area (Å²) in [5.41, 5.74) is 12.7. The maximum absolute atomic E-state index is 13.1.